The molecule has 3 N–H and O–H groups in total. The van der Waals surface area contributed by atoms with Crippen LogP contribution in [0.1, 0.15) is 47.2 Å². The quantitative estimate of drug-likeness (QED) is 0.475. The minimum absolute atomic E-state index is 0.364. The number of fused-ring (bicyclic) bond motifs is 1. The lowest BCUT2D eigenvalue weighted by Crippen LogP contribution is -2.43. The van der Waals surface area contributed by atoms with Crippen LogP contribution in [0.25, 0.3) is 0 Å². The summed E-state index contributed by atoms with van der Waals surface area (Å²) in [5, 5.41) is 4.02. The number of carbonyl (C=O) groups is 1. The van der Waals surface area contributed by atoms with E-state index in [0.717, 1.165) is 31.1 Å². The van der Waals surface area contributed by atoms with Gasteiger partial charge in [-0.2, -0.15) is 0 Å². The SMILES string of the molecule is Nc1nc(Nc2ccc(N3CCC(N4CCCC4)CC3)cc2)sc1C1Oc2ccc(C=O)cc2O1. The summed E-state index contributed by atoms with van der Waals surface area (Å²) in [4.78, 5) is 21.3. The number of ether oxygens (including phenoxy) is 2. The van der Waals surface area contributed by atoms with Crippen LogP contribution in [0.3, 0.4) is 0 Å². The number of carbonyl (C=O) groups excluding carboxylic acids is 1. The largest absolute Gasteiger partial charge is 0.446 e. The lowest BCUT2D eigenvalue weighted by molar-refractivity contribution is 0.0525. The molecular weight excluding hydrogens is 462 g/mol. The number of piperidine rings is 1. The number of nitrogen functional groups attached to an aromatic ring is 1. The molecule has 0 amide bonds. The molecule has 0 saturated carbocycles. The Morgan fingerprint density at radius 2 is 1.74 bits per heavy atom. The number of benzene rings is 2. The maximum Gasteiger partial charge on any atom is 0.280 e. The van der Waals surface area contributed by atoms with Crippen molar-refractivity contribution in [2.24, 2.45) is 0 Å². The fraction of sp³-hybridized carbons (Fsp3) is 0.385. The van der Waals surface area contributed by atoms with E-state index in [-0.39, 0.29) is 0 Å². The number of rotatable bonds is 6. The zero-order valence-corrected chi connectivity index (χ0v) is 20.3. The second-order valence-electron chi connectivity index (χ2n) is 9.29. The van der Waals surface area contributed by atoms with Gasteiger partial charge in [-0.05, 0) is 81.2 Å². The number of aldehydes is 1. The second kappa shape index (κ2) is 9.39. The fourth-order valence-electron chi connectivity index (χ4n) is 5.19. The molecule has 3 aromatic rings. The van der Waals surface area contributed by atoms with E-state index in [9.17, 15) is 4.79 Å². The zero-order chi connectivity index (χ0) is 23.8. The van der Waals surface area contributed by atoms with Crippen molar-refractivity contribution in [3.05, 3.63) is 52.9 Å². The van der Waals surface area contributed by atoms with Crippen LogP contribution in [0.15, 0.2) is 42.5 Å². The highest BCUT2D eigenvalue weighted by molar-refractivity contribution is 7.16. The molecule has 1 aromatic heterocycles. The molecule has 1 unspecified atom stereocenters. The highest BCUT2D eigenvalue weighted by Crippen LogP contribution is 2.44. The number of nitrogens with one attached hydrogen (secondary N) is 1. The van der Waals surface area contributed by atoms with Crippen LogP contribution in [0.5, 0.6) is 11.5 Å². The minimum Gasteiger partial charge on any atom is -0.446 e. The molecule has 9 heteroatoms. The van der Waals surface area contributed by atoms with Gasteiger partial charge in [0, 0.05) is 36.1 Å². The van der Waals surface area contributed by atoms with Crippen molar-refractivity contribution >= 4 is 39.9 Å². The molecule has 6 rings (SSSR count). The number of hydrogen-bond acceptors (Lipinski definition) is 9. The summed E-state index contributed by atoms with van der Waals surface area (Å²) in [6.45, 7) is 4.78. The molecule has 3 aliphatic heterocycles. The molecular formula is C26H29N5O3S. The summed E-state index contributed by atoms with van der Waals surface area (Å²) in [6.07, 6.45) is 5.31. The van der Waals surface area contributed by atoms with Crippen LogP contribution in [0.2, 0.25) is 0 Å². The highest BCUT2D eigenvalue weighted by Gasteiger charge is 2.31. The van der Waals surface area contributed by atoms with Crippen LogP contribution in [0, 0.1) is 0 Å². The average Bonchev–Trinajstić information content (AvgIpc) is 3.64. The third-order valence-electron chi connectivity index (χ3n) is 7.07. The van der Waals surface area contributed by atoms with Crippen LogP contribution in [0.4, 0.5) is 22.3 Å². The number of nitrogens with zero attached hydrogens (tertiary/aromatic N) is 3. The van der Waals surface area contributed by atoms with E-state index in [4.69, 9.17) is 15.2 Å². The summed E-state index contributed by atoms with van der Waals surface area (Å²) in [6, 6.07) is 14.3. The monoisotopic (exact) mass is 491 g/mol. The third kappa shape index (κ3) is 4.53. The summed E-state index contributed by atoms with van der Waals surface area (Å²) >= 11 is 1.39. The molecule has 182 valence electrons. The van der Waals surface area contributed by atoms with Gasteiger partial charge in [0.2, 0.25) is 0 Å². The van der Waals surface area contributed by atoms with Gasteiger partial charge in [0.1, 0.15) is 17.0 Å². The van der Waals surface area contributed by atoms with E-state index < -0.39 is 6.29 Å². The predicted octanol–water partition coefficient (Wildman–Crippen LogP) is 4.82. The van der Waals surface area contributed by atoms with Crippen molar-refractivity contribution in [3.8, 4) is 11.5 Å². The lowest BCUT2D eigenvalue weighted by atomic mass is 10.0. The van der Waals surface area contributed by atoms with E-state index in [1.54, 1.807) is 18.2 Å². The maximum absolute atomic E-state index is 11.0. The van der Waals surface area contributed by atoms with Gasteiger partial charge in [-0.25, -0.2) is 4.98 Å². The maximum atomic E-state index is 11.0. The van der Waals surface area contributed by atoms with E-state index in [0.29, 0.717) is 32.9 Å². The van der Waals surface area contributed by atoms with Crippen molar-refractivity contribution < 1.29 is 14.3 Å². The molecule has 8 nitrogen and oxygen atoms in total. The molecule has 2 saturated heterocycles. The van der Waals surface area contributed by atoms with Gasteiger partial charge in [0.15, 0.2) is 16.6 Å². The Bertz CT molecular complexity index is 1200. The van der Waals surface area contributed by atoms with Gasteiger partial charge in [0.25, 0.3) is 6.29 Å². The van der Waals surface area contributed by atoms with E-state index in [1.165, 1.54) is 55.8 Å². The Kier molecular flexibility index (Phi) is 5.95. The van der Waals surface area contributed by atoms with Gasteiger partial charge in [0.05, 0.1) is 0 Å². The zero-order valence-electron chi connectivity index (χ0n) is 19.5. The number of anilines is 4. The smallest absolute Gasteiger partial charge is 0.280 e. The van der Waals surface area contributed by atoms with Crippen molar-refractivity contribution in [1.82, 2.24) is 9.88 Å². The summed E-state index contributed by atoms with van der Waals surface area (Å²) in [5.41, 5.74) is 8.92. The molecule has 0 aliphatic carbocycles. The summed E-state index contributed by atoms with van der Waals surface area (Å²) in [7, 11) is 0. The number of hydrogen-bond donors (Lipinski definition) is 2. The Morgan fingerprint density at radius 1 is 1.00 bits per heavy atom. The van der Waals surface area contributed by atoms with Crippen molar-refractivity contribution in [2.75, 3.05) is 42.1 Å². The molecule has 2 aromatic carbocycles. The fourth-order valence-corrected chi connectivity index (χ4v) is 6.05. The normalized spacial score (nSPS) is 20.3. The van der Waals surface area contributed by atoms with Crippen LogP contribution in [-0.4, -0.2) is 48.4 Å². The average molecular weight is 492 g/mol. The molecule has 1 atom stereocenters. The van der Waals surface area contributed by atoms with E-state index in [2.05, 4.69) is 44.4 Å². The minimum atomic E-state index is -0.675. The van der Waals surface area contributed by atoms with Gasteiger partial charge in [-0.1, -0.05) is 11.3 Å². The highest BCUT2D eigenvalue weighted by atomic mass is 32.1. The summed E-state index contributed by atoms with van der Waals surface area (Å²) in [5.74, 6) is 1.48. The van der Waals surface area contributed by atoms with Gasteiger partial charge in [-0.15, -0.1) is 0 Å². The standard InChI is InChI=1S/C26H29N5O3S/c27-24-23(25-33-21-8-3-17(16-32)15-22(21)34-25)35-26(29-24)28-18-4-6-19(7-5-18)31-13-9-20(10-14-31)30-11-1-2-12-30/h3-8,15-16,20,25H,1-2,9-14,27H2,(H,28,29). The second-order valence-corrected chi connectivity index (χ2v) is 10.3. The van der Waals surface area contributed by atoms with Gasteiger partial charge in [-0.3, -0.25) is 4.79 Å². The van der Waals surface area contributed by atoms with Crippen molar-refractivity contribution in [3.63, 3.8) is 0 Å². The first-order valence-corrected chi connectivity index (χ1v) is 13.0. The first-order chi connectivity index (χ1) is 17.2. The van der Waals surface area contributed by atoms with E-state index >= 15 is 0 Å². The van der Waals surface area contributed by atoms with Crippen LogP contribution >= 0.6 is 11.3 Å². The molecule has 0 bridgehead atoms. The molecule has 3 aliphatic rings. The van der Waals surface area contributed by atoms with Crippen molar-refractivity contribution in [1.29, 1.82) is 0 Å². The van der Waals surface area contributed by atoms with Gasteiger partial charge < -0.3 is 30.3 Å². The Hall–Kier alpha value is -3.30. The topological polar surface area (TPSA) is 93.0 Å². The molecule has 0 radical (unpaired) electrons. The molecule has 35 heavy (non-hydrogen) atoms. The number of likely N-dealkylation sites (tertiary alicyclic amines) is 1. The Labute approximate surface area is 208 Å². The molecule has 0 spiro atoms. The number of thiazole rings is 1. The third-order valence-corrected chi connectivity index (χ3v) is 8.08. The molecule has 4 heterocycles. The van der Waals surface area contributed by atoms with Crippen LogP contribution < -0.4 is 25.4 Å². The lowest BCUT2D eigenvalue weighted by Gasteiger charge is -2.37. The molecule has 2 fully saturated rings. The Balaban J connectivity index is 1.07. The summed E-state index contributed by atoms with van der Waals surface area (Å²) < 4.78 is 11.8. The first-order valence-electron chi connectivity index (χ1n) is 12.2. The first kappa shape index (κ1) is 22.2. The van der Waals surface area contributed by atoms with Gasteiger partial charge >= 0.3 is 0 Å². The predicted molar refractivity (Wildman–Crippen MR) is 138 cm³/mol. The van der Waals surface area contributed by atoms with E-state index in [1.807, 2.05) is 0 Å². The Morgan fingerprint density at radius 3 is 2.49 bits per heavy atom. The van der Waals surface area contributed by atoms with Crippen molar-refractivity contribution in [2.45, 2.75) is 38.0 Å². The number of nitrogens with two attached hydrogens (primary N) is 1. The number of aromatic nitrogens is 1. The van der Waals surface area contributed by atoms with Crippen LogP contribution in [-0.2, 0) is 0 Å².